The first-order chi connectivity index (χ1) is 7.65. The Balaban J connectivity index is 2.98. The Hall–Kier alpha value is -0.870. The van der Waals surface area contributed by atoms with E-state index in [1.54, 1.807) is 13.8 Å². The normalized spacial score (nSPS) is 28.0. The van der Waals surface area contributed by atoms with Crippen molar-refractivity contribution in [2.45, 2.75) is 26.5 Å². The van der Waals surface area contributed by atoms with E-state index in [1.807, 2.05) is 0 Å². The Labute approximate surface area is 88.0 Å². The first-order valence-electron chi connectivity index (χ1n) is 5.74. The molecule has 1 aliphatic rings. The lowest BCUT2D eigenvalue weighted by atomic mass is 9.92. The van der Waals surface area contributed by atoms with Crippen LogP contribution < -0.4 is 0 Å². The van der Waals surface area contributed by atoms with Gasteiger partial charge in [0.2, 0.25) is 0 Å². The first-order valence-corrected chi connectivity index (χ1v) is 4.24. The number of hydrogen-bond donors (Lipinski definition) is 0. The van der Waals surface area contributed by atoms with Crippen LogP contribution in [0.1, 0.15) is 24.8 Å². The van der Waals surface area contributed by atoms with Crippen molar-refractivity contribution in [3.8, 4) is 0 Å². The number of hydrogen-bond acceptors (Lipinski definition) is 4. The lowest BCUT2D eigenvalue weighted by Crippen LogP contribution is -2.49. The van der Waals surface area contributed by atoms with Gasteiger partial charge in [-0.15, -0.1) is 0 Å². The van der Waals surface area contributed by atoms with E-state index < -0.39 is 24.0 Å². The molecular weight excluding hydrogens is 184 g/mol. The summed E-state index contributed by atoms with van der Waals surface area (Å²) in [5.41, 5.74) is -1.79. The molecule has 14 heavy (non-hydrogen) atoms. The summed E-state index contributed by atoms with van der Waals surface area (Å²) in [7, 11) is 0. The molecule has 4 nitrogen and oxygen atoms in total. The van der Waals surface area contributed by atoms with Gasteiger partial charge in [0.25, 0.3) is 0 Å². The van der Waals surface area contributed by atoms with Crippen LogP contribution in [0, 0.1) is 5.41 Å². The molecule has 4 heteroatoms. The molecule has 1 saturated heterocycles. The summed E-state index contributed by atoms with van der Waals surface area (Å²) in [6, 6.07) is 0. The third-order valence-corrected chi connectivity index (χ3v) is 1.91. The van der Waals surface area contributed by atoms with E-state index in [0.29, 0.717) is 0 Å². The van der Waals surface area contributed by atoms with Gasteiger partial charge in [0, 0.05) is 4.11 Å². The minimum Gasteiger partial charge on any atom is -0.435 e. The van der Waals surface area contributed by atoms with Gasteiger partial charge in [-0.2, -0.15) is 0 Å². The number of carbonyl (C=O) groups is 1. The maximum atomic E-state index is 11.8. The fourth-order valence-electron chi connectivity index (χ4n) is 0.984. The van der Waals surface area contributed by atoms with Crippen molar-refractivity contribution in [1.82, 2.24) is 0 Å². The molecule has 1 aliphatic heterocycles. The Bertz CT molecular complexity index is 312. The SMILES string of the molecule is [2H]C([2H])([2H])C1(C(=O)OC=C)COC(C)(C)OC1. The van der Waals surface area contributed by atoms with Crippen LogP contribution in [0.2, 0.25) is 0 Å². The Morgan fingerprint density at radius 2 is 2.14 bits per heavy atom. The van der Waals surface area contributed by atoms with E-state index in [1.165, 1.54) is 0 Å². The predicted octanol–water partition coefficient (Wildman–Crippen LogP) is 1.46. The first kappa shape index (κ1) is 7.43. The second-order valence-corrected chi connectivity index (χ2v) is 3.63. The van der Waals surface area contributed by atoms with Gasteiger partial charge in [-0.25, -0.2) is 0 Å². The topological polar surface area (TPSA) is 44.8 Å². The van der Waals surface area contributed by atoms with Crippen molar-refractivity contribution in [2.24, 2.45) is 5.41 Å². The maximum Gasteiger partial charge on any atom is 0.321 e. The van der Waals surface area contributed by atoms with Crippen LogP contribution in [0.15, 0.2) is 12.8 Å². The van der Waals surface area contributed by atoms with Gasteiger partial charge in [0.15, 0.2) is 5.79 Å². The molecule has 1 fully saturated rings. The van der Waals surface area contributed by atoms with Crippen LogP contribution >= 0.6 is 0 Å². The van der Waals surface area contributed by atoms with Gasteiger partial charge in [-0.05, 0) is 20.7 Å². The average Bonchev–Trinajstić information content (AvgIpc) is 2.16. The molecule has 0 aliphatic carbocycles. The molecule has 1 rings (SSSR count). The van der Waals surface area contributed by atoms with Crippen molar-refractivity contribution in [3.05, 3.63) is 12.8 Å². The highest BCUT2D eigenvalue weighted by atomic mass is 16.7. The molecule has 0 N–H and O–H groups in total. The molecule has 0 saturated carbocycles. The average molecular weight is 203 g/mol. The molecule has 0 unspecified atom stereocenters. The lowest BCUT2D eigenvalue weighted by Gasteiger charge is -2.39. The molecule has 0 aromatic rings. The third-order valence-electron chi connectivity index (χ3n) is 1.91. The summed E-state index contributed by atoms with van der Waals surface area (Å²) in [4.78, 5) is 11.8. The van der Waals surface area contributed by atoms with Crippen molar-refractivity contribution in [1.29, 1.82) is 0 Å². The lowest BCUT2D eigenvalue weighted by molar-refractivity contribution is -0.280. The van der Waals surface area contributed by atoms with E-state index in [-0.39, 0.29) is 13.2 Å². The monoisotopic (exact) mass is 203 g/mol. The van der Waals surface area contributed by atoms with Crippen LogP contribution in [-0.4, -0.2) is 25.0 Å². The van der Waals surface area contributed by atoms with E-state index in [4.69, 9.17) is 13.6 Å². The van der Waals surface area contributed by atoms with E-state index >= 15 is 0 Å². The molecule has 0 spiro atoms. The number of ether oxygens (including phenoxy) is 3. The molecule has 0 atom stereocenters. The Kier molecular flexibility index (Phi) is 1.97. The van der Waals surface area contributed by atoms with Gasteiger partial charge in [-0.3, -0.25) is 4.79 Å². The molecule has 0 amide bonds. The van der Waals surface area contributed by atoms with Gasteiger partial charge in [0.1, 0.15) is 5.41 Å². The highest BCUT2D eigenvalue weighted by Gasteiger charge is 2.43. The van der Waals surface area contributed by atoms with Crippen molar-refractivity contribution < 1.29 is 23.1 Å². The maximum absolute atomic E-state index is 11.8. The fourth-order valence-corrected chi connectivity index (χ4v) is 0.984. The van der Waals surface area contributed by atoms with E-state index in [9.17, 15) is 4.79 Å². The number of esters is 1. The molecule has 1 heterocycles. The zero-order valence-corrected chi connectivity index (χ0v) is 8.33. The molecular formula is C10H16O4. The highest BCUT2D eigenvalue weighted by molar-refractivity contribution is 5.77. The van der Waals surface area contributed by atoms with Crippen molar-refractivity contribution in [2.75, 3.05) is 13.2 Å². The smallest absolute Gasteiger partial charge is 0.321 e. The summed E-state index contributed by atoms with van der Waals surface area (Å²) >= 11 is 0. The van der Waals surface area contributed by atoms with Gasteiger partial charge < -0.3 is 14.2 Å². The zero-order chi connectivity index (χ0) is 13.3. The minimum absolute atomic E-state index is 0.275. The third kappa shape index (κ3) is 2.33. The molecule has 80 valence electrons. The Morgan fingerprint density at radius 1 is 1.57 bits per heavy atom. The van der Waals surface area contributed by atoms with E-state index in [0.717, 1.165) is 6.26 Å². The standard InChI is InChI=1S/C10H16O4/c1-5-12-8(11)10(4)6-13-9(2,3)14-7-10/h5H,1,6-7H2,2-4H3/i4D3. The summed E-state index contributed by atoms with van der Waals surface area (Å²) in [6.07, 6.45) is 0.898. The minimum atomic E-state index is -2.57. The summed E-state index contributed by atoms with van der Waals surface area (Å²) < 4.78 is 37.5. The van der Waals surface area contributed by atoms with Crippen LogP contribution in [-0.2, 0) is 19.0 Å². The Morgan fingerprint density at radius 3 is 2.57 bits per heavy atom. The largest absolute Gasteiger partial charge is 0.435 e. The second kappa shape index (κ2) is 3.71. The van der Waals surface area contributed by atoms with Crippen LogP contribution in [0.4, 0.5) is 0 Å². The van der Waals surface area contributed by atoms with Crippen LogP contribution in [0.25, 0.3) is 0 Å². The molecule has 0 radical (unpaired) electrons. The summed E-state index contributed by atoms with van der Waals surface area (Å²) in [6.45, 7) is 3.41. The van der Waals surface area contributed by atoms with Gasteiger partial charge in [0.05, 0.1) is 19.5 Å². The molecule has 0 aromatic heterocycles. The number of rotatable bonds is 2. The summed E-state index contributed by atoms with van der Waals surface area (Å²) in [5.74, 6) is -1.81. The molecule has 0 bridgehead atoms. The van der Waals surface area contributed by atoms with Crippen molar-refractivity contribution >= 4 is 5.97 Å². The molecule has 0 aromatic carbocycles. The second-order valence-electron chi connectivity index (χ2n) is 3.63. The zero-order valence-electron chi connectivity index (χ0n) is 11.3. The van der Waals surface area contributed by atoms with Crippen molar-refractivity contribution in [3.63, 3.8) is 0 Å². The highest BCUT2D eigenvalue weighted by Crippen LogP contribution is 2.30. The summed E-state index contributed by atoms with van der Waals surface area (Å²) in [5, 5.41) is 0. The number of carbonyl (C=O) groups excluding carboxylic acids is 1. The van der Waals surface area contributed by atoms with Crippen LogP contribution in [0.3, 0.4) is 0 Å². The van der Waals surface area contributed by atoms with Gasteiger partial charge >= 0.3 is 5.97 Å². The predicted molar refractivity (Wildman–Crippen MR) is 50.4 cm³/mol. The van der Waals surface area contributed by atoms with E-state index in [2.05, 4.69) is 11.3 Å². The van der Waals surface area contributed by atoms with Crippen LogP contribution in [0.5, 0.6) is 0 Å². The fraction of sp³-hybridized carbons (Fsp3) is 0.700. The van der Waals surface area contributed by atoms with Gasteiger partial charge in [-0.1, -0.05) is 6.58 Å². The quantitative estimate of drug-likeness (QED) is 0.503.